The second-order valence-corrected chi connectivity index (χ2v) is 5.18. The molecular weight excluding hydrogens is 198 g/mol. The highest BCUT2D eigenvalue weighted by molar-refractivity contribution is 8.01. The first-order valence-corrected chi connectivity index (χ1v) is 6.10. The molecule has 0 fully saturated rings. The number of nitrogens with one attached hydrogen (secondary N) is 1. The van der Waals surface area contributed by atoms with Crippen LogP contribution in [0.15, 0.2) is 0 Å². The minimum Gasteiger partial charge on any atom is -0.396 e. The van der Waals surface area contributed by atoms with Gasteiger partial charge in [0.2, 0.25) is 5.91 Å². The molecule has 0 rings (SSSR count). The van der Waals surface area contributed by atoms with Crippen LogP contribution in [0.1, 0.15) is 33.6 Å². The number of amides is 1. The average molecular weight is 219 g/mol. The van der Waals surface area contributed by atoms with Crippen molar-refractivity contribution in [3.63, 3.8) is 0 Å². The van der Waals surface area contributed by atoms with Crippen molar-refractivity contribution in [3.8, 4) is 0 Å². The van der Waals surface area contributed by atoms with E-state index in [-0.39, 0.29) is 17.8 Å². The number of carbonyl (C=O) groups excluding carboxylic acids is 1. The fraction of sp³-hybridized carbons (Fsp3) is 0.900. The molecule has 4 heteroatoms. The highest BCUT2D eigenvalue weighted by Gasteiger charge is 2.15. The Labute approximate surface area is 90.7 Å². The Kier molecular flexibility index (Phi) is 7.99. The van der Waals surface area contributed by atoms with Crippen molar-refractivity contribution in [1.29, 1.82) is 0 Å². The quantitative estimate of drug-likeness (QED) is 0.680. The van der Waals surface area contributed by atoms with E-state index in [9.17, 15) is 4.79 Å². The summed E-state index contributed by atoms with van der Waals surface area (Å²) in [6, 6.07) is 0. The molecule has 2 atom stereocenters. The van der Waals surface area contributed by atoms with E-state index in [1.54, 1.807) is 11.8 Å². The highest BCUT2D eigenvalue weighted by atomic mass is 32.2. The Morgan fingerprint density at radius 1 is 1.50 bits per heavy atom. The van der Waals surface area contributed by atoms with Crippen LogP contribution in [-0.2, 0) is 4.79 Å². The zero-order valence-corrected chi connectivity index (χ0v) is 10.1. The van der Waals surface area contributed by atoms with Gasteiger partial charge in [0.05, 0.1) is 5.25 Å². The van der Waals surface area contributed by atoms with Gasteiger partial charge in [-0.15, -0.1) is 11.8 Å². The maximum Gasteiger partial charge on any atom is 0.232 e. The van der Waals surface area contributed by atoms with Gasteiger partial charge in [0.15, 0.2) is 0 Å². The number of rotatable bonds is 7. The van der Waals surface area contributed by atoms with E-state index in [2.05, 4.69) is 5.32 Å². The van der Waals surface area contributed by atoms with Gasteiger partial charge in [-0.3, -0.25) is 4.79 Å². The number of aliphatic hydroxyl groups is 1. The third-order valence-electron chi connectivity index (χ3n) is 1.89. The van der Waals surface area contributed by atoms with E-state index in [0.29, 0.717) is 5.25 Å². The molecule has 0 spiro atoms. The predicted octanol–water partition coefficient (Wildman–Crippen LogP) is 1.41. The molecule has 14 heavy (non-hydrogen) atoms. The SMILES string of the molecule is CCCNC(=O)C(C)SC(C)CCO. The highest BCUT2D eigenvalue weighted by Crippen LogP contribution is 2.19. The number of carbonyl (C=O) groups is 1. The number of hydrogen-bond donors (Lipinski definition) is 2. The Morgan fingerprint density at radius 2 is 2.14 bits per heavy atom. The fourth-order valence-electron chi connectivity index (χ4n) is 1.05. The zero-order chi connectivity index (χ0) is 11.0. The lowest BCUT2D eigenvalue weighted by atomic mass is 10.3. The van der Waals surface area contributed by atoms with E-state index in [0.717, 1.165) is 19.4 Å². The zero-order valence-electron chi connectivity index (χ0n) is 9.25. The average Bonchev–Trinajstić information content (AvgIpc) is 2.14. The van der Waals surface area contributed by atoms with Crippen molar-refractivity contribution in [2.45, 2.75) is 44.1 Å². The van der Waals surface area contributed by atoms with E-state index in [1.807, 2.05) is 20.8 Å². The molecule has 0 saturated carbocycles. The van der Waals surface area contributed by atoms with Crippen molar-refractivity contribution in [2.75, 3.05) is 13.2 Å². The van der Waals surface area contributed by atoms with Crippen LogP contribution >= 0.6 is 11.8 Å². The monoisotopic (exact) mass is 219 g/mol. The molecule has 0 aromatic carbocycles. The van der Waals surface area contributed by atoms with E-state index in [4.69, 9.17) is 5.11 Å². The molecule has 1 amide bonds. The van der Waals surface area contributed by atoms with Crippen LogP contribution in [0, 0.1) is 0 Å². The second-order valence-electron chi connectivity index (χ2n) is 3.39. The van der Waals surface area contributed by atoms with Gasteiger partial charge >= 0.3 is 0 Å². The molecule has 0 heterocycles. The van der Waals surface area contributed by atoms with Crippen LogP contribution in [0.2, 0.25) is 0 Å². The predicted molar refractivity (Wildman–Crippen MR) is 61.5 cm³/mol. The standard InChI is InChI=1S/C10H21NO2S/c1-4-6-11-10(13)9(3)14-8(2)5-7-12/h8-9,12H,4-7H2,1-3H3,(H,11,13). The molecule has 2 unspecified atom stereocenters. The third kappa shape index (κ3) is 6.27. The molecule has 0 aliphatic rings. The molecular formula is C10H21NO2S. The molecule has 0 aromatic rings. The summed E-state index contributed by atoms with van der Waals surface area (Å²) in [5, 5.41) is 11.9. The summed E-state index contributed by atoms with van der Waals surface area (Å²) >= 11 is 1.61. The minimum absolute atomic E-state index is 0.0249. The molecule has 0 aliphatic carbocycles. The van der Waals surface area contributed by atoms with Crippen molar-refractivity contribution < 1.29 is 9.90 Å². The molecule has 2 N–H and O–H groups in total. The summed E-state index contributed by atoms with van der Waals surface area (Å²) in [5.41, 5.74) is 0. The summed E-state index contributed by atoms with van der Waals surface area (Å²) in [6.07, 6.45) is 1.71. The first-order valence-electron chi connectivity index (χ1n) is 5.15. The Balaban J connectivity index is 3.70. The number of hydrogen-bond acceptors (Lipinski definition) is 3. The van der Waals surface area contributed by atoms with Crippen LogP contribution in [-0.4, -0.2) is 34.7 Å². The summed E-state index contributed by atoms with van der Waals surface area (Å²) in [6.45, 7) is 6.91. The maximum atomic E-state index is 11.4. The molecule has 3 nitrogen and oxygen atoms in total. The van der Waals surface area contributed by atoms with Gasteiger partial charge in [-0.25, -0.2) is 0 Å². The van der Waals surface area contributed by atoms with E-state index >= 15 is 0 Å². The summed E-state index contributed by atoms with van der Waals surface area (Å²) in [7, 11) is 0. The largest absolute Gasteiger partial charge is 0.396 e. The Hall–Kier alpha value is -0.220. The molecule has 0 bridgehead atoms. The molecule has 0 aromatic heterocycles. The molecule has 0 aliphatic heterocycles. The van der Waals surface area contributed by atoms with Gasteiger partial charge in [0, 0.05) is 18.4 Å². The maximum absolute atomic E-state index is 11.4. The van der Waals surface area contributed by atoms with Crippen LogP contribution in [0.5, 0.6) is 0 Å². The van der Waals surface area contributed by atoms with Crippen molar-refractivity contribution in [3.05, 3.63) is 0 Å². The molecule has 0 radical (unpaired) electrons. The van der Waals surface area contributed by atoms with Gasteiger partial charge < -0.3 is 10.4 Å². The normalized spacial score (nSPS) is 14.9. The summed E-state index contributed by atoms with van der Waals surface area (Å²) < 4.78 is 0. The topological polar surface area (TPSA) is 49.3 Å². The van der Waals surface area contributed by atoms with Crippen molar-refractivity contribution in [2.24, 2.45) is 0 Å². The fourth-order valence-corrected chi connectivity index (χ4v) is 2.20. The lowest BCUT2D eigenvalue weighted by Crippen LogP contribution is -2.32. The summed E-state index contributed by atoms with van der Waals surface area (Å²) in [4.78, 5) is 11.4. The van der Waals surface area contributed by atoms with Gasteiger partial charge in [0.25, 0.3) is 0 Å². The van der Waals surface area contributed by atoms with Gasteiger partial charge in [-0.2, -0.15) is 0 Å². The van der Waals surface area contributed by atoms with Crippen LogP contribution in [0.25, 0.3) is 0 Å². The molecule has 84 valence electrons. The van der Waals surface area contributed by atoms with Crippen molar-refractivity contribution >= 4 is 17.7 Å². The first-order chi connectivity index (χ1) is 6.61. The lowest BCUT2D eigenvalue weighted by molar-refractivity contribution is -0.120. The number of thioether (sulfide) groups is 1. The third-order valence-corrected chi connectivity index (χ3v) is 3.21. The van der Waals surface area contributed by atoms with Gasteiger partial charge in [-0.05, 0) is 19.8 Å². The first kappa shape index (κ1) is 13.8. The Morgan fingerprint density at radius 3 is 2.64 bits per heavy atom. The van der Waals surface area contributed by atoms with Crippen LogP contribution in [0.3, 0.4) is 0 Å². The smallest absolute Gasteiger partial charge is 0.232 e. The lowest BCUT2D eigenvalue weighted by Gasteiger charge is -2.15. The minimum atomic E-state index is -0.0249. The van der Waals surface area contributed by atoms with Gasteiger partial charge in [-0.1, -0.05) is 13.8 Å². The number of aliphatic hydroxyl groups excluding tert-OH is 1. The molecule has 0 saturated heterocycles. The summed E-state index contributed by atoms with van der Waals surface area (Å²) in [5.74, 6) is 0.0987. The van der Waals surface area contributed by atoms with E-state index < -0.39 is 0 Å². The van der Waals surface area contributed by atoms with Crippen LogP contribution < -0.4 is 5.32 Å². The second kappa shape index (κ2) is 8.12. The Bertz CT molecular complexity index is 164. The van der Waals surface area contributed by atoms with Crippen LogP contribution in [0.4, 0.5) is 0 Å². The van der Waals surface area contributed by atoms with E-state index in [1.165, 1.54) is 0 Å². The van der Waals surface area contributed by atoms with Gasteiger partial charge in [0.1, 0.15) is 0 Å². The van der Waals surface area contributed by atoms with Crippen molar-refractivity contribution in [1.82, 2.24) is 5.32 Å².